The number of aromatic nitrogens is 1. The van der Waals surface area contributed by atoms with E-state index in [0.29, 0.717) is 5.82 Å². The maximum atomic E-state index is 6.02. The fourth-order valence-electron chi connectivity index (χ4n) is 2.00. The SMILES string of the molecule is [B]C1CCCC1CCSc1nccs1. The molecule has 74 valence electrons. The van der Waals surface area contributed by atoms with Gasteiger partial charge in [-0.3, -0.25) is 0 Å². The molecule has 0 aliphatic heterocycles. The molecule has 2 radical (unpaired) electrons. The quantitative estimate of drug-likeness (QED) is 0.573. The average Bonchev–Trinajstić information content (AvgIpc) is 2.78. The zero-order chi connectivity index (χ0) is 9.80. The molecule has 0 aromatic carbocycles. The monoisotopic (exact) mass is 223 g/mol. The Morgan fingerprint density at radius 2 is 2.50 bits per heavy atom. The van der Waals surface area contributed by atoms with Gasteiger partial charge in [-0.15, -0.1) is 11.3 Å². The molecule has 4 heteroatoms. The molecule has 1 aromatic heterocycles. The van der Waals surface area contributed by atoms with E-state index in [0.717, 1.165) is 5.92 Å². The van der Waals surface area contributed by atoms with E-state index in [2.05, 4.69) is 4.98 Å². The predicted octanol–water partition coefficient (Wildman–Crippen LogP) is 3.38. The highest BCUT2D eigenvalue weighted by Gasteiger charge is 2.22. The van der Waals surface area contributed by atoms with Crippen molar-refractivity contribution in [2.45, 2.75) is 35.8 Å². The summed E-state index contributed by atoms with van der Waals surface area (Å²) in [5, 5.41) is 2.03. The fraction of sp³-hybridized carbons (Fsp3) is 0.700. The van der Waals surface area contributed by atoms with Crippen molar-refractivity contribution in [2.75, 3.05) is 5.75 Å². The summed E-state index contributed by atoms with van der Waals surface area (Å²) in [4.78, 5) is 4.25. The van der Waals surface area contributed by atoms with Gasteiger partial charge in [-0.05, 0) is 12.3 Å². The lowest BCUT2D eigenvalue weighted by Crippen LogP contribution is -2.02. The summed E-state index contributed by atoms with van der Waals surface area (Å²) < 4.78 is 1.19. The van der Waals surface area contributed by atoms with E-state index >= 15 is 0 Å². The number of hydrogen-bond donors (Lipinski definition) is 0. The van der Waals surface area contributed by atoms with Crippen LogP contribution in [-0.2, 0) is 0 Å². The number of thiazole rings is 1. The molecule has 1 heterocycles. The summed E-state index contributed by atoms with van der Waals surface area (Å²) in [7, 11) is 6.02. The molecular formula is C10H14BNS2. The summed E-state index contributed by atoms with van der Waals surface area (Å²) in [6, 6.07) is 0. The second kappa shape index (κ2) is 5.22. The number of thioether (sulfide) groups is 1. The lowest BCUT2D eigenvalue weighted by molar-refractivity contribution is 0.535. The van der Waals surface area contributed by atoms with E-state index < -0.39 is 0 Å². The highest BCUT2D eigenvalue weighted by atomic mass is 32.2. The van der Waals surface area contributed by atoms with Crippen LogP contribution < -0.4 is 0 Å². The lowest BCUT2D eigenvalue weighted by atomic mass is 9.78. The van der Waals surface area contributed by atoms with Gasteiger partial charge in [-0.25, -0.2) is 4.98 Å². The molecule has 14 heavy (non-hydrogen) atoms. The van der Waals surface area contributed by atoms with E-state index in [4.69, 9.17) is 7.85 Å². The van der Waals surface area contributed by atoms with Gasteiger partial charge in [0.2, 0.25) is 0 Å². The first kappa shape index (κ1) is 10.6. The lowest BCUT2D eigenvalue weighted by Gasteiger charge is -2.14. The maximum Gasteiger partial charge on any atom is 0.149 e. The fourth-order valence-corrected chi connectivity index (χ4v) is 3.78. The molecule has 2 atom stereocenters. The topological polar surface area (TPSA) is 12.9 Å². The highest BCUT2D eigenvalue weighted by molar-refractivity contribution is 8.00. The molecule has 1 nitrogen and oxygen atoms in total. The van der Waals surface area contributed by atoms with Crippen molar-refractivity contribution in [3.63, 3.8) is 0 Å². The Labute approximate surface area is 95.1 Å². The van der Waals surface area contributed by atoms with Gasteiger partial charge in [-0.2, -0.15) is 0 Å². The van der Waals surface area contributed by atoms with Crippen LogP contribution in [0.4, 0.5) is 0 Å². The first-order chi connectivity index (χ1) is 6.86. The Bertz CT molecular complexity index is 263. The molecule has 2 rings (SSSR count). The summed E-state index contributed by atoms with van der Waals surface area (Å²) >= 11 is 3.59. The Kier molecular flexibility index (Phi) is 3.94. The van der Waals surface area contributed by atoms with E-state index in [1.165, 1.54) is 35.8 Å². The van der Waals surface area contributed by atoms with Crippen LogP contribution in [0.15, 0.2) is 15.9 Å². The second-order valence-electron chi connectivity index (χ2n) is 3.79. The van der Waals surface area contributed by atoms with Crippen LogP contribution in [0.2, 0.25) is 5.82 Å². The van der Waals surface area contributed by atoms with Crippen molar-refractivity contribution < 1.29 is 0 Å². The zero-order valence-electron chi connectivity index (χ0n) is 8.19. The van der Waals surface area contributed by atoms with Crippen LogP contribution >= 0.6 is 23.1 Å². The van der Waals surface area contributed by atoms with Crippen LogP contribution in [0, 0.1) is 5.92 Å². The van der Waals surface area contributed by atoms with E-state index in [-0.39, 0.29) is 0 Å². The third kappa shape index (κ3) is 2.77. The van der Waals surface area contributed by atoms with Gasteiger partial charge in [0.25, 0.3) is 0 Å². The first-order valence-electron chi connectivity index (χ1n) is 5.14. The summed E-state index contributed by atoms with van der Waals surface area (Å²) in [5.74, 6) is 2.40. The molecule has 1 aliphatic carbocycles. The maximum absolute atomic E-state index is 6.02. The summed E-state index contributed by atoms with van der Waals surface area (Å²) in [6.45, 7) is 0. The van der Waals surface area contributed by atoms with Crippen molar-refractivity contribution in [2.24, 2.45) is 5.92 Å². The standard InChI is InChI=1S/C10H14BNS2/c11-9-3-1-2-8(9)4-6-13-10-12-5-7-14-10/h5,7-9H,1-4,6H2. The van der Waals surface area contributed by atoms with Gasteiger partial charge < -0.3 is 0 Å². The van der Waals surface area contributed by atoms with E-state index in [9.17, 15) is 0 Å². The van der Waals surface area contributed by atoms with Crippen molar-refractivity contribution in [3.8, 4) is 0 Å². The van der Waals surface area contributed by atoms with Gasteiger partial charge in [0.1, 0.15) is 4.34 Å². The smallest absolute Gasteiger partial charge is 0.149 e. The molecule has 1 saturated carbocycles. The Balaban J connectivity index is 1.68. The van der Waals surface area contributed by atoms with Crippen LogP contribution in [0.1, 0.15) is 25.7 Å². The van der Waals surface area contributed by atoms with Crippen molar-refractivity contribution in [1.82, 2.24) is 4.98 Å². The Hall–Kier alpha value is 0.0449. The number of rotatable bonds is 4. The Morgan fingerprint density at radius 1 is 1.57 bits per heavy atom. The molecule has 1 aromatic rings. The summed E-state index contributed by atoms with van der Waals surface area (Å²) in [6.07, 6.45) is 7.01. The molecule has 1 aliphatic rings. The van der Waals surface area contributed by atoms with Gasteiger partial charge in [0.05, 0.1) is 7.85 Å². The van der Waals surface area contributed by atoms with Gasteiger partial charge in [0.15, 0.2) is 0 Å². The van der Waals surface area contributed by atoms with Gasteiger partial charge in [-0.1, -0.05) is 36.8 Å². The first-order valence-corrected chi connectivity index (χ1v) is 7.00. The molecule has 0 spiro atoms. The molecule has 1 fully saturated rings. The average molecular weight is 223 g/mol. The molecular weight excluding hydrogens is 209 g/mol. The predicted molar refractivity (Wildman–Crippen MR) is 64.3 cm³/mol. The minimum absolute atomic E-state index is 0.465. The third-order valence-corrected chi connectivity index (χ3v) is 4.84. The minimum atomic E-state index is 0.465. The van der Waals surface area contributed by atoms with Crippen LogP contribution in [0.25, 0.3) is 0 Å². The molecule has 0 amide bonds. The van der Waals surface area contributed by atoms with Crippen LogP contribution in [0.3, 0.4) is 0 Å². The molecule has 2 unspecified atom stereocenters. The number of nitrogens with zero attached hydrogens (tertiary/aromatic N) is 1. The van der Waals surface area contributed by atoms with Crippen molar-refractivity contribution >= 4 is 30.9 Å². The summed E-state index contributed by atoms with van der Waals surface area (Å²) in [5.41, 5.74) is 0. The minimum Gasteiger partial charge on any atom is -0.238 e. The molecule has 0 saturated heterocycles. The van der Waals surface area contributed by atoms with E-state index in [1.54, 1.807) is 11.3 Å². The third-order valence-electron chi connectivity index (χ3n) is 2.84. The van der Waals surface area contributed by atoms with Crippen LogP contribution in [0.5, 0.6) is 0 Å². The van der Waals surface area contributed by atoms with Crippen LogP contribution in [-0.4, -0.2) is 18.6 Å². The van der Waals surface area contributed by atoms with Crippen molar-refractivity contribution in [1.29, 1.82) is 0 Å². The van der Waals surface area contributed by atoms with E-state index in [1.807, 2.05) is 23.3 Å². The second-order valence-corrected chi connectivity index (χ2v) is 6.03. The number of hydrogen-bond acceptors (Lipinski definition) is 3. The normalized spacial score (nSPS) is 26.9. The van der Waals surface area contributed by atoms with Gasteiger partial charge >= 0.3 is 0 Å². The highest BCUT2D eigenvalue weighted by Crippen LogP contribution is 2.37. The van der Waals surface area contributed by atoms with Crippen molar-refractivity contribution in [3.05, 3.63) is 11.6 Å². The molecule has 0 bridgehead atoms. The largest absolute Gasteiger partial charge is 0.238 e. The van der Waals surface area contributed by atoms with Gasteiger partial charge in [0, 0.05) is 17.3 Å². The molecule has 0 N–H and O–H groups in total. The Morgan fingerprint density at radius 3 is 3.14 bits per heavy atom. The zero-order valence-corrected chi connectivity index (χ0v) is 9.82.